The van der Waals surface area contributed by atoms with Crippen LogP contribution in [0.4, 0.5) is 0 Å². The van der Waals surface area contributed by atoms with E-state index in [-0.39, 0.29) is 12.0 Å². The topological polar surface area (TPSA) is 56.1 Å². The Morgan fingerprint density at radius 2 is 2.33 bits per heavy atom. The molecule has 2 rings (SSSR count). The predicted molar refractivity (Wildman–Crippen MR) is 68.1 cm³/mol. The Balaban J connectivity index is 2.14. The molecule has 1 aromatic rings. The van der Waals surface area contributed by atoms with Crippen LogP contribution in [-0.2, 0) is 9.53 Å². The molecule has 1 aliphatic carbocycles. The molecule has 100 valence electrons. The molecular weight excluding hydrogens is 230 g/mol. The third kappa shape index (κ3) is 2.90. The summed E-state index contributed by atoms with van der Waals surface area (Å²) >= 11 is 0. The summed E-state index contributed by atoms with van der Waals surface area (Å²) in [4.78, 5) is 16.0. The zero-order valence-corrected chi connectivity index (χ0v) is 11.2. The highest BCUT2D eigenvalue weighted by molar-refractivity contribution is 5.76. The highest BCUT2D eigenvalue weighted by Crippen LogP contribution is 2.29. The van der Waals surface area contributed by atoms with E-state index in [1.54, 1.807) is 12.5 Å². The monoisotopic (exact) mass is 251 g/mol. The van der Waals surface area contributed by atoms with Crippen molar-refractivity contribution in [3.63, 3.8) is 0 Å². The van der Waals surface area contributed by atoms with Crippen LogP contribution in [0.1, 0.15) is 44.5 Å². The number of esters is 1. The summed E-state index contributed by atoms with van der Waals surface area (Å²) < 4.78 is 6.88. The number of ether oxygens (including phenoxy) is 1. The van der Waals surface area contributed by atoms with Gasteiger partial charge in [0.05, 0.1) is 25.3 Å². The van der Waals surface area contributed by atoms with Crippen molar-refractivity contribution >= 4 is 5.97 Å². The summed E-state index contributed by atoms with van der Waals surface area (Å²) in [5, 5.41) is 3.29. The first-order valence-corrected chi connectivity index (χ1v) is 6.46. The Kier molecular flexibility index (Phi) is 4.01. The van der Waals surface area contributed by atoms with Crippen molar-refractivity contribution in [1.29, 1.82) is 0 Å². The Hall–Kier alpha value is -1.36. The largest absolute Gasteiger partial charge is 0.468 e. The number of hydrogen-bond donors (Lipinski definition) is 1. The zero-order chi connectivity index (χ0) is 13.1. The van der Waals surface area contributed by atoms with Gasteiger partial charge < -0.3 is 9.30 Å². The number of nitrogens with zero attached hydrogens (tertiary/aromatic N) is 2. The first kappa shape index (κ1) is 13.1. The van der Waals surface area contributed by atoms with Crippen LogP contribution in [0.15, 0.2) is 12.5 Å². The first-order valence-electron chi connectivity index (χ1n) is 6.46. The van der Waals surface area contributed by atoms with Crippen molar-refractivity contribution < 1.29 is 9.53 Å². The maximum absolute atomic E-state index is 11.9. The van der Waals surface area contributed by atoms with Crippen molar-refractivity contribution in [2.75, 3.05) is 13.7 Å². The zero-order valence-electron chi connectivity index (χ0n) is 11.2. The SMILES string of the molecule is COC(=O)C(NCC1CC1)c1cncn1C(C)C. The molecule has 1 heterocycles. The van der Waals surface area contributed by atoms with Crippen LogP contribution in [0.5, 0.6) is 0 Å². The minimum absolute atomic E-state index is 0.252. The Labute approximate surface area is 108 Å². The summed E-state index contributed by atoms with van der Waals surface area (Å²) in [5.74, 6) is 0.464. The second kappa shape index (κ2) is 5.52. The van der Waals surface area contributed by atoms with Crippen LogP contribution in [-0.4, -0.2) is 29.2 Å². The Bertz CT molecular complexity index is 410. The van der Waals surface area contributed by atoms with Crippen molar-refractivity contribution in [1.82, 2.24) is 14.9 Å². The molecule has 1 atom stereocenters. The molecular formula is C13H21N3O2. The van der Waals surface area contributed by atoms with Crippen molar-refractivity contribution in [3.05, 3.63) is 18.2 Å². The van der Waals surface area contributed by atoms with E-state index in [0.717, 1.165) is 12.2 Å². The summed E-state index contributed by atoms with van der Waals surface area (Å²) in [6.45, 7) is 5.00. The van der Waals surface area contributed by atoms with Gasteiger partial charge in [0.1, 0.15) is 6.04 Å². The Morgan fingerprint density at radius 3 is 2.89 bits per heavy atom. The van der Waals surface area contributed by atoms with E-state index in [2.05, 4.69) is 24.1 Å². The minimum atomic E-state index is -0.416. The molecule has 0 radical (unpaired) electrons. The molecule has 18 heavy (non-hydrogen) atoms. The summed E-state index contributed by atoms with van der Waals surface area (Å²) in [7, 11) is 1.42. The maximum atomic E-state index is 11.9. The molecule has 0 amide bonds. The third-order valence-corrected chi connectivity index (χ3v) is 3.29. The van der Waals surface area contributed by atoms with Crippen molar-refractivity contribution in [2.45, 2.75) is 38.8 Å². The molecule has 1 aliphatic rings. The van der Waals surface area contributed by atoms with Crippen LogP contribution < -0.4 is 5.32 Å². The number of rotatable bonds is 6. The van der Waals surface area contributed by atoms with E-state index in [1.165, 1.54) is 20.0 Å². The second-order valence-electron chi connectivity index (χ2n) is 5.13. The van der Waals surface area contributed by atoms with Crippen LogP contribution in [0.3, 0.4) is 0 Å². The molecule has 1 N–H and O–H groups in total. The van der Waals surface area contributed by atoms with Gasteiger partial charge in [-0.05, 0) is 39.2 Å². The summed E-state index contributed by atoms with van der Waals surface area (Å²) in [5.41, 5.74) is 0.873. The quantitative estimate of drug-likeness (QED) is 0.781. The van der Waals surface area contributed by atoms with Crippen LogP contribution in [0.2, 0.25) is 0 Å². The van der Waals surface area contributed by atoms with Crippen LogP contribution in [0, 0.1) is 5.92 Å². The molecule has 1 saturated carbocycles. The average molecular weight is 251 g/mol. The lowest BCUT2D eigenvalue weighted by molar-refractivity contribution is -0.143. The molecule has 1 aromatic heterocycles. The molecule has 1 fully saturated rings. The molecule has 0 aromatic carbocycles. The lowest BCUT2D eigenvalue weighted by Gasteiger charge is -2.20. The average Bonchev–Trinajstić information content (AvgIpc) is 3.04. The van der Waals surface area contributed by atoms with Gasteiger partial charge in [-0.1, -0.05) is 0 Å². The molecule has 5 nitrogen and oxygen atoms in total. The molecule has 0 saturated heterocycles. The van der Waals surface area contributed by atoms with Gasteiger partial charge in [0.15, 0.2) is 0 Å². The number of methoxy groups -OCH3 is 1. The Morgan fingerprint density at radius 1 is 1.61 bits per heavy atom. The van der Waals surface area contributed by atoms with E-state index < -0.39 is 6.04 Å². The fraction of sp³-hybridized carbons (Fsp3) is 0.692. The van der Waals surface area contributed by atoms with Gasteiger partial charge in [-0.3, -0.25) is 5.32 Å². The van der Waals surface area contributed by atoms with Gasteiger partial charge >= 0.3 is 5.97 Å². The smallest absolute Gasteiger partial charge is 0.329 e. The summed E-state index contributed by atoms with van der Waals surface area (Å²) in [6.07, 6.45) is 6.00. The molecule has 5 heteroatoms. The summed E-state index contributed by atoms with van der Waals surface area (Å²) in [6, 6.07) is -0.141. The number of carbonyl (C=O) groups excluding carboxylic acids is 1. The minimum Gasteiger partial charge on any atom is -0.468 e. The van der Waals surface area contributed by atoms with Gasteiger partial charge in [-0.15, -0.1) is 0 Å². The van der Waals surface area contributed by atoms with Crippen LogP contribution >= 0.6 is 0 Å². The third-order valence-electron chi connectivity index (χ3n) is 3.29. The second-order valence-corrected chi connectivity index (χ2v) is 5.13. The number of hydrogen-bond acceptors (Lipinski definition) is 4. The fourth-order valence-corrected chi connectivity index (χ4v) is 2.00. The van der Waals surface area contributed by atoms with Gasteiger partial charge in [-0.25, -0.2) is 9.78 Å². The van der Waals surface area contributed by atoms with E-state index in [4.69, 9.17) is 4.74 Å². The predicted octanol–water partition coefficient (Wildman–Crippen LogP) is 1.68. The highest BCUT2D eigenvalue weighted by Gasteiger charge is 2.28. The van der Waals surface area contributed by atoms with Gasteiger partial charge in [-0.2, -0.15) is 0 Å². The molecule has 1 unspecified atom stereocenters. The highest BCUT2D eigenvalue weighted by atomic mass is 16.5. The normalized spacial score (nSPS) is 16.9. The van der Waals surface area contributed by atoms with E-state index in [9.17, 15) is 4.79 Å². The lowest BCUT2D eigenvalue weighted by Crippen LogP contribution is -2.33. The first-order chi connectivity index (χ1) is 8.63. The van der Waals surface area contributed by atoms with Gasteiger partial charge in [0.25, 0.3) is 0 Å². The fourth-order valence-electron chi connectivity index (χ4n) is 2.00. The number of imidazole rings is 1. The standard InChI is InChI=1S/C13H21N3O2/c1-9(2)16-8-14-7-11(16)12(13(17)18-3)15-6-10-4-5-10/h7-10,12,15H,4-6H2,1-3H3. The van der Waals surface area contributed by atoms with Gasteiger partial charge in [0, 0.05) is 6.04 Å². The van der Waals surface area contributed by atoms with Crippen LogP contribution in [0.25, 0.3) is 0 Å². The van der Waals surface area contributed by atoms with Crippen molar-refractivity contribution in [3.8, 4) is 0 Å². The van der Waals surface area contributed by atoms with E-state index in [1.807, 2.05) is 4.57 Å². The number of aromatic nitrogens is 2. The number of carbonyl (C=O) groups is 1. The molecule has 0 spiro atoms. The van der Waals surface area contributed by atoms with Crippen molar-refractivity contribution in [2.24, 2.45) is 5.92 Å². The molecule has 0 aliphatic heterocycles. The van der Waals surface area contributed by atoms with E-state index in [0.29, 0.717) is 5.92 Å². The molecule has 0 bridgehead atoms. The maximum Gasteiger partial charge on any atom is 0.329 e. The van der Waals surface area contributed by atoms with Gasteiger partial charge in [0.2, 0.25) is 0 Å². The van der Waals surface area contributed by atoms with E-state index >= 15 is 0 Å². The lowest BCUT2D eigenvalue weighted by atomic mass is 10.2. The number of nitrogens with one attached hydrogen (secondary N) is 1.